The Morgan fingerprint density at radius 3 is 2.65 bits per heavy atom. The highest BCUT2D eigenvalue weighted by molar-refractivity contribution is 5.88. The Balaban J connectivity index is 1.73. The van der Waals surface area contributed by atoms with Crippen LogP contribution in [0.1, 0.15) is 43.6 Å². The monoisotopic (exact) mass is 493 g/mol. The lowest BCUT2D eigenvalue weighted by atomic mass is 9.98. The molecule has 0 aromatic carbocycles. The predicted octanol–water partition coefficient (Wildman–Crippen LogP) is 6.16. The highest BCUT2D eigenvalue weighted by Crippen LogP contribution is 2.26. The van der Waals surface area contributed by atoms with Crippen molar-refractivity contribution in [1.82, 2.24) is 24.5 Å². The summed E-state index contributed by atoms with van der Waals surface area (Å²) in [6.45, 7) is 12.7. The van der Waals surface area contributed by atoms with Crippen molar-refractivity contribution in [2.75, 3.05) is 19.6 Å². The molecule has 3 aromatic rings. The molecule has 0 unspecified atom stereocenters. The van der Waals surface area contributed by atoms with E-state index in [-0.39, 0.29) is 5.92 Å². The van der Waals surface area contributed by atoms with E-state index in [2.05, 4.69) is 45.9 Å². The molecule has 1 aliphatic rings. The number of aldehydes is 1. The van der Waals surface area contributed by atoms with E-state index in [1.807, 2.05) is 74.0 Å². The van der Waals surface area contributed by atoms with Gasteiger partial charge in [0.25, 0.3) is 0 Å². The minimum absolute atomic E-state index is 0.201. The molecular formula is C31H35N5O. The van der Waals surface area contributed by atoms with Crippen molar-refractivity contribution in [1.29, 1.82) is 0 Å². The molecule has 0 saturated carbocycles. The Bertz CT molecular complexity index is 1430. The number of likely N-dealkylation sites (tertiary alicyclic amines) is 1. The van der Waals surface area contributed by atoms with E-state index in [1.54, 1.807) is 0 Å². The molecule has 0 N–H and O–H groups in total. The molecule has 6 nitrogen and oxygen atoms in total. The molecule has 4 heterocycles. The Morgan fingerprint density at radius 1 is 1.14 bits per heavy atom. The van der Waals surface area contributed by atoms with Crippen LogP contribution in [0.2, 0.25) is 0 Å². The van der Waals surface area contributed by atoms with Gasteiger partial charge in [0.05, 0.1) is 11.4 Å². The molecule has 1 aliphatic heterocycles. The molecule has 6 heteroatoms. The molecule has 3 aromatic heterocycles. The van der Waals surface area contributed by atoms with Crippen molar-refractivity contribution in [2.45, 2.75) is 33.6 Å². The van der Waals surface area contributed by atoms with Gasteiger partial charge in [-0.1, -0.05) is 55.2 Å². The third kappa shape index (κ3) is 6.27. The summed E-state index contributed by atoms with van der Waals surface area (Å²) in [4.78, 5) is 23.1. The summed E-state index contributed by atoms with van der Waals surface area (Å²) in [5.74, 6) is 0.201. The summed E-state index contributed by atoms with van der Waals surface area (Å²) < 4.78 is 1.81. The van der Waals surface area contributed by atoms with Gasteiger partial charge in [-0.15, -0.1) is 0 Å². The second-order valence-corrected chi connectivity index (χ2v) is 9.35. The van der Waals surface area contributed by atoms with E-state index in [0.717, 1.165) is 83.5 Å². The van der Waals surface area contributed by atoms with Crippen LogP contribution < -0.4 is 0 Å². The fourth-order valence-corrected chi connectivity index (χ4v) is 4.59. The first-order chi connectivity index (χ1) is 18.1. The van der Waals surface area contributed by atoms with E-state index < -0.39 is 0 Å². The van der Waals surface area contributed by atoms with Crippen molar-refractivity contribution in [2.24, 2.45) is 5.92 Å². The Morgan fingerprint density at radius 2 is 1.95 bits per heavy atom. The number of nitrogens with zero attached hydrogens (tertiary/aromatic N) is 5. The fraction of sp³-hybridized carbons (Fsp3) is 0.290. The molecule has 190 valence electrons. The molecule has 0 radical (unpaired) electrons. The maximum absolute atomic E-state index is 11.1. The number of fused-ring (bicyclic) bond motifs is 3. The SMILES string of the molecule is C=C/C(=C\C=C\c1nc2c(cnc3cc(C)nn32)cc1C(/C=C\C)=C/C=C\C)CN1CCC(C=O)CC1. The number of aryl methyl sites for hydroxylation is 1. The highest BCUT2D eigenvalue weighted by Gasteiger charge is 2.18. The normalized spacial score (nSPS) is 16.7. The van der Waals surface area contributed by atoms with Crippen LogP contribution in [0, 0.1) is 12.8 Å². The van der Waals surface area contributed by atoms with Crippen molar-refractivity contribution < 1.29 is 4.79 Å². The first-order valence-electron chi connectivity index (χ1n) is 12.9. The first-order valence-corrected chi connectivity index (χ1v) is 12.9. The van der Waals surface area contributed by atoms with Gasteiger partial charge < -0.3 is 4.79 Å². The molecule has 4 rings (SSSR count). The van der Waals surface area contributed by atoms with Gasteiger partial charge in [0, 0.05) is 35.7 Å². The number of allylic oxidation sites excluding steroid dienone is 8. The van der Waals surface area contributed by atoms with Crippen LogP contribution in [0.15, 0.2) is 79.1 Å². The van der Waals surface area contributed by atoms with Crippen molar-refractivity contribution in [3.8, 4) is 0 Å². The zero-order valence-electron chi connectivity index (χ0n) is 22.0. The Labute approximate surface area is 219 Å². The number of piperidine rings is 1. The Kier molecular flexibility index (Phi) is 8.75. The van der Waals surface area contributed by atoms with Crippen LogP contribution in [0.4, 0.5) is 0 Å². The van der Waals surface area contributed by atoms with Gasteiger partial charge in [-0.2, -0.15) is 9.61 Å². The van der Waals surface area contributed by atoms with Crippen LogP contribution in [0.25, 0.3) is 28.3 Å². The summed E-state index contributed by atoms with van der Waals surface area (Å²) in [5, 5.41) is 5.55. The number of pyridine rings is 1. The van der Waals surface area contributed by atoms with E-state index in [0.29, 0.717) is 0 Å². The number of hydrogen-bond donors (Lipinski definition) is 0. The van der Waals surface area contributed by atoms with Gasteiger partial charge in [-0.25, -0.2) is 9.97 Å². The summed E-state index contributed by atoms with van der Waals surface area (Å²) >= 11 is 0. The maximum atomic E-state index is 11.1. The Hall–Kier alpha value is -3.90. The van der Waals surface area contributed by atoms with Gasteiger partial charge in [-0.05, 0) is 70.0 Å². The van der Waals surface area contributed by atoms with Crippen molar-refractivity contribution in [3.63, 3.8) is 0 Å². The van der Waals surface area contributed by atoms with Gasteiger partial charge in [0.15, 0.2) is 11.3 Å². The molecule has 0 aliphatic carbocycles. The fourth-order valence-electron chi connectivity index (χ4n) is 4.59. The van der Waals surface area contributed by atoms with E-state index in [4.69, 9.17) is 4.98 Å². The predicted molar refractivity (Wildman–Crippen MR) is 153 cm³/mol. The third-order valence-corrected chi connectivity index (χ3v) is 6.59. The maximum Gasteiger partial charge on any atom is 0.165 e. The number of carbonyl (C=O) groups excluding carboxylic acids is 1. The van der Waals surface area contributed by atoms with Crippen LogP contribution in [0.5, 0.6) is 0 Å². The molecule has 1 fully saturated rings. The number of carbonyl (C=O) groups is 1. The van der Waals surface area contributed by atoms with Crippen LogP contribution >= 0.6 is 0 Å². The molecule has 0 atom stereocenters. The van der Waals surface area contributed by atoms with E-state index in [1.165, 1.54) is 0 Å². The van der Waals surface area contributed by atoms with Crippen LogP contribution in [0.3, 0.4) is 0 Å². The van der Waals surface area contributed by atoms with Gasteiger partial charge in [0.1, 0.15) is 6.29 Å². The molecule has 1 saturated heterocycles. The average Bonchev–Trinajstić information content (AvgIpc) is 3.31. The summed E-state index contributed by atoms with van der Waals surface area (Å²) in [6, 6.07) is 4.09. The average molecular weight is 494 g/mol. The largest absolute Gasteiger partial charge is 0.303 e. The van der Waals surface area contributed by atoms with Gasteiger partial charge >= 0.3 is 0 Å². The van der Waals surface area contributed by atoms with E-state index >= 15 is 0 Å². The quantitative estimate of drug-likeness (QED) is 0.264. The minimum Gasteiger partial charge on any atom is -0.303 e. The highest BCUT2D eigenvalue weighted by atomic mass is 16.1. The van der Waals surface area contributed by atoms with Gasteiger partial charge in [0.2, 0.25) is 0 Å². The summed E-state index contributed by atoms with van der Waals surface area (Å²) in [7, 11) is 0. The lowest BCUT2D eigenvalue weighted by molar-refractivity contribution is -0.112. The second-order valence-electron chi connectivity index (χ2n) is 9.35. The third-order valence-electron chi connectivity index (χ3n) is 6.59. The summed E-state index contributed by atoms with van der Waals surface area (Å²) in [5.41, 5.74) is 6.54. The van der Waals surface area contributed by atoms with Crippen molar-refractivity contribution in [3.05, 3.63) is 96.0 Å². The minimum atomic E-state index is 0.201. The second kappa shape index (κ2) is 12.4. The molecule has 0 spiro atoms. The zero-order chi connectivity index (χ0) is 26.2. The van der Waals surface area contributed by atoms with Crippen LogP contribution in [-0.2, 0) is 4.79 Å². The summed E-state index contributed by atoms with van der Waals surface area (Å²) in [6.07, 6.45) is 23.2. The molecule has 0 amide bonds. The zero-order valence-corrected chi connectivity index (χ0v) is 22.0. The smallest absolute Gasteiger partial charge is 0.165 e. The van der Waals surface area contributed by atoms with Crippen molar-refractivity contribution >= 4 is 34.6 Å². The molecule has 0 bridgehead atoms. The van der Waals surface area contributed by atoms with E-state index in [9.17, 15) is 4.79 Å². The molecule has 37 heavy (non-hydrogen) atoms. The van der Waals surface area contributed by atoms with Crippen LogP contribution in [-0.4, -0.2) is 50.4 Å². The van der Waals surface area contributed by atoms with Gasteiger partial charge in [-0.3, -0.25) is 4.90 Å². The number of aromatic nitrogens is 4. The number of rotatable bonds is 9. The molecular weight excluding hydrogens is 458 g/mol. The lowest BCUT2D eigenvalue weighted by Crippen LogP contribution is -2.35. The first kappa shape index (κ1) is 26.2. The standard InChI is InChI=1S/C31H35N5O/c1-5-8-12-26(10-6-2)28-19-27-20-32-30-18-23(4)34-36(30)31(27)33-29(28)13-9-11-24(7-3)21-35-16-14-25(22-37)15-17-35/h5-13,18-20,22,25H,3,14-17,21H2,1-2,4H3/b8-5-,10-6-,13-9+,24-11+,26-12+. The topological polar surface area (TPSA) is 63.4 Å². The number of hydrogen-bond acceptors (Lipinski definition) is 5. The lowest BCUT2D eigenvalue weighted by Gasteiger charge is -2.29.